The van der Waals surface area contributed by atoms with Crippen LogP contribution in [0.5, 0.6) is 5.75 Å². The number of nitrogens with zero attached hydrogens (tertiary/aromatic N) is 3. The van der Waals surface area contributed by atoms with Crippen LogP contribution in [-0.2, 0) is 14.8 Å². The Bertz CT molecular complexity index is 1330. The Kier molecular flexibility index (Phi) is 6.46. The van der Waals surface area contributed by atoms with Crippen molar-refractivity contribution in [3.63, 3.8) is 0 Å². The molecule has 1 saturated heterocycles. The van der Waals surface area contributed by atoms with E-state index in [2.05, 4.69) is 4.98 Å². The second-order valence-electron chi connectivity index (χ2n) is 7.19. The first-order valence-electron chi connectivity index (χ1n) is 9.77. The van der Waals surface area contributed by atoms with E-state index in [-0.39, 0.29) is 38.7 Å². The summed E-state index contributed by atoms with van der Waals surface area (Å²) in [6.45, 7) is -0.549. The Morgan fingerprint density at radius 2 is 1.76 bits per heavy atom. The number of carbonyl (C=O) groups excluding carboxylic acids is 1. The maximum atomic E-state index is 14.0. The van der Waals surface area contributed by atoms with Gasteiger partial charge in [0.1, 0.15) is 16.2 Å². The van der Waals surface area contributed by atoms with E-state index in [1.165, 1.54) is 4.90 Å². The van der Waals surface area contributed by atoms with Crippen molar-refractivity contribution >= 4 is 38.4 Å². The van der Waals surface area contributed by atoms with Gasteiger partial charge in [-0.05, 0) is 36.4 Å². The third kappa shape index (κ3) is 4.48. The van der Waals surface area contributed by atoms with Crippen LogP contribution in [-0.4, -0.2) is 61.3 Å². The van der Waals surface area contributed by atoms with E-state index in [9.17, 15) is 26.4 Å². The van der Waals surface area contributed by atoms with Gasteiger partial charge in [-0.1, -0.05) is 11.6 Å². The highest BCUT2D eigenvalue weighted by Crippen LogP contribution is 2.29. The molecule has 7 nitrogen and oxygen atoms in total. The molecular weight excluding hydrogens is 483 g/mol. The van der Waals surface area contributed by atoms with Crippen molar-refractivity contribution < 1.29 is 31.1 Å². The summed E-state index contributed by atoms with van der Waals surface area (Å²) < 4.78 is 72.5. The Balaban J connectivity index is 1.40. The lowest BCUT2D eigenvalue weighted by molar-refractivity contribution is -0.134. The van der Waals surface area contributed by atoms with Crippen molar-refractivity contribution in [2.24, 2.45) is 0 Å². The van der Waals surface area contributed by atoms with Gasteiger partial charge >= 0.3 is 0 Å². The highest BCUT2D eigenvalue weighted by Gasteiger charge is 2.33. The van der Waals surface area contributed by atoms with Gasteiger partial charge in [0.15, 0.2) is 24.1 Å². The van der Waals surface area contributed by atoms with Gasteiger partial charge in [0.05, 0.1) is 5.02 Å². The maximum Gasteiger partial charge on any atom is 0.260 e. The molecule has 12 heteroatoms. The number of aromatic nitrogens is 1. The molecule has 2 aromatic carbocycles. The van der Waals surface area contributed by atoms with Crippen LogP contribution in [0.2, 0.25) is 5.02 Å². The number of hydrogen-bond donors (Lipinski definition) is 0. The lowest BCUT2D eigenvalue weighted by Gasteiger charge is -2.34. The number of fused-ring (bicyclic) bond motifs is 1. The summed E-state index contributed by atoms with van der Waals surface area (Å²) in [5.74, 6) is -5.12. The topological polar surface area (TPSA) is 79.8 Å². The number of sulfonamides is 1. The van der Waals surface area contributed by atoms with Crippen LogP contribution < -0.4 is 4.74 Å². The summed E-state index contributed by atoms with van der Waals surface area (Å²) >= 11 is 6.15. The minimum absolute atomic E-state index is 0.0202. The van der Waals surface area contributed by atoms with E-state index in [1.807, 2.05) is 0 Å². The van der Waals surface area contributed by atoms with Gasteiger partial charge in [-0.3, -0.25) is 9.78 Å². The molecule has 0 saturated carbocycles. The first kappa shape index (κ1) is 23.3. The van der Waals surface area contributed by atoms with Crippen LogP contribution in [0.25, 0.3) is 10.9 Å². The van der Waals surface area contributed by atoms with Crippen molar-refractivity contribution in [2.45, 2.75) is 4.90 Å². The summed E-state index contributed by atoms with van der Waals surface area (Å²) in [5, 5.41) is 1.17. The molecule has 3 aromatic rings. The van der Waals surface area contributed by atoms with E-state index >= 15 is 0 Å². The van der Waals surface area contributed by atoms with Crippen molar-refractivity contribution in [1.82, 2.24) is 14.2 Å². The standard InChI is InChI=1S/C21H17ClF3N3O4S/c22-14-3-5-16(21-13(14)2-1-7-26-21)32-12-18(29)27-8-10-28(11-9-27)33(30,31)17-6-4-15(23)19(24)20(17)25/h1-7H,8-12H2. The Morgan fingerprint density at radius 3 is 2.48 bits per heavy atom. The molecule has 1 aromatic heterocycles. The van der Waals surface area contributed by atoms with Crippen LogP contribution >= 0.6 is 11.6 Å². The van der Waals surface area contributed by atoms with Gasteiger partial charge in [-0.25, -0.2) is 21.6 Å². The minimum Gasteiger partial charge on any atom is -0.481 e. The fraction of sp³-hybridized carbons (Fsp3) is 0.238. The third-order valence-corrected chi connectivity index (χ3v) is 7.49. The van der Waals surface area contributed by atoms with Gasteiger partial charge in [0, 0.05) is 37.8 Å². The Hall–Kier alpha value is -2.89. The van der Waals surface area contributed by atoms with Gasteiger partial charge in [0.2, 0.25) is 10.0 Å². The SMILES string of the molecule is O=C(COc1ccc(Cl)c2cccnc12)N1CCN(S(=O)(=O)c2ccc(F)c(F)c2F)CC1. The molecule has 1 amide bonds. The highest BCUT2D eigenvalue weighted by atomic mass is 35.5. The Morgan fingerprint density at radius 1 is 1.03 bits per heavy atom. The fourth-order valence-corrected chi connectivity index (χ4v) is 5.18. The zero-order valence-electron chi connectivity index (χ0n) is 17.0. The van der Waals surface area contributed by atoms with Crippen LogP contribution in [0.15, 0.2) is 47.5 Å². The first-order valence-corrected chi connectivity index (χ1v) is 11.6. The number of piperazine rings is 1. The van der Waals surface area contributed by atoms with Crippen molar-refractivity contribution in [1.29, 1.82) is 0 Å². The molecule has 1 aliphatic rings. The molecular formula is C21H17ClF3N3O4S. The van der Waals surface area contributed by atoms with Crippen molar-refractivity contribution in [3.8, 4) is 5.75 Å². The monoisotopic (exact) mass is 499 g/mol. The number of pyridine rings is 1. The number of halogens is 4. The number of amides is 1. The zero-order valence-corrected chi connectivity index (χ0v) is 18.5. The molecule has 0 radical (unpaired) electrons. The molecule has 0 N–H and O–H groups in total. The predicted octanol–water partition coefficient (Wildman–Crippen LogP) is 3.22. The normalized spacial score (nSPS) is 15.1. The molecule has 174 valence electrons. The summed E-state index contributed by atoms with van der Waals surface area (Å²) in [5.41, 5.74) is 0.502. The first-order chi connectivity index (χ1) is 15.7. The van der Waals surface area contributed by atoms with E-state index < -0.39 is 32.4 Å². The van der Waals surface area contributed by atoms with Crippen LogP contribution in [0.4, 0.5) is 13.2 Å². The number of hydrogen-bond acceptors (Lipinski definition) is 5. The van der Waals surface area contributed by atoms with Gasteiger partial charge in [0.25, 0.3) is 5.91 Å². The van der Waals surface area contributed by atoms with E-state index in [0.29, 0.717) is 33.8 Å². The molecule has 0 aliphatic carbocycles. The van der Waals surface area contributed by atoms with Crippen LogP contribution in [0, 0.1) is 17.5 Å². The van der Waals surface area contributed by atoms with Crippen LogP contribution in [0.1, 0.15) is 0 Å². The highest BCUT2D eigenvalue weighted by molar-refractivity contribution is 7.89. The van der Waals surface area contributed by atoms with Gasteiger partial charge in [-0.15, -0.1) is 0 Å². The molecule has 0 bridgehead atoms. The lowest BCUT2D eigenvalue weighted by Crippen LogP contribution is -2.51. The molecule has 2 heterocycles. The lowest BCUT2D eigenvalue weighted by atomic mass is 10.2. The average molecular weight is 500 g/mol. The second kappa shape index (κ2) is 9.16. The smallest absolute Gasteiger partial charge is 0.260 e. The number of benzene rings is 2. The quantitative estimate of drug-likeness (QED) is 0.504. The molecule has 1 aliphatic heterocycles. The van der Waals surface area contributed by atoms with Crippen molar-refractivity contribution in [2.75, 3.05) is 32.8 Å². The molecule has 33 heavy (non-hydrogen) atoms. The largest absolute Gasteiger partial charge is 0.481 e. The molecule has 0 spiro atoms. The number of rotatable bonds is 5. The summed E-state index contributed by atoms with van der Waals surface area (Å²) in [6, 6.07) is 7.96. The maximum absolute atomic E-state index is 14.0. The van der Waals surface area contributed by atoms with Gasteiger partial charge < -0.3 is 9.64 Å². The van der Waals surface area contributed by atoms with E-state index in [4.69, 9.17) is 16.3 Å². The number of ether oxygens (including phenoxy) is 1. The summed E-state index contributed by atoms with van der Waals surface area (Å²) in [7, 11) is -4.40. The predicted molar refractivity (Wildman–Crippen MR) is 114 cm³/mol. The zero-order chi connectivity index (χ0) is 23.8. The van der Waals surface area contributed by atoms with Crippen LogP contribution in [0.3, 0.4) is 0 Å². The van der Waals surface area contributed by atoms with Gasteiger partial charge in [-0.2, -0.15) is 4.31 Å². The molecule has 0 unspecified atom stereocenters. The fourth-order valence-electron chi connectivity index (χ4n) is 3.48. The van der Waals surface area contributed by atoms with E-state index in [0.717, 1.165) is 4.31 Å². The third-order valence-electron chi connectivity index (χ3n) is 5.24. The second-order valence-corrected chi connectivity index (χ2v) is 9.51. The summed E-state index contributed by atoms with van der Waals surface area (Å²) in [6.07, 6.45) is 1.57. The molecule has 0 atom stereocenters. The minimum atomic E-state index is -4.40. The molecule has 4 rings (SSSR count). The summed E-state index contributed by atoms with van der Waals surface area (Å²) in [4.78, 5) is 17.3. The Labute approximate surface area is 192 Å². The van der Waals surface area contributed by atoms with E-state index in [1.54, 1.807) is 30.5 Å². The van der Waals surface area contributed by atoms with Crippen molar-refractivity contribution in [3.05, 3.63) is 65.1 Å². The molecule has 1 fully saturated rings. The number of carbonyl (C=O) groups is 1. The average Bonchev–Trinajstić information content (AvgIpc) is 2.82.